The van der Waals surface area contributed by atoms with Crippen LogP contribution in [0.2, 0.25) is 0 Å². The average molecular weight is 527 g/mol. The molecule has 0 radical (unpaired) electrons. The number of nitrogens with one attached hydrogen (secondary N) is 1. The molecule has 0 bridgehead atoms. The largest absolute Gasteiger partial charge is 0.416 e. The Morgan fingerprint density at radius 2 is 2.03 bits per heavy atom. The van der Waals surface area contributed by atoms with Gasteiger partial charge in [-0.15, -0.1) is 11.3 Å². The van der Waals surface area contributed by atoms with Gasteiger partial charge in [-0.1, -0.05) is 0 Å². The molecule has 190 valence electrons. The van der Waals surface area contributed by atoms with Crippen molar-refractivity contribution in [2.75, 3.05) is 24.5 Å². The molecule has 1 amide bonds. The summed E-state index contributed by atoms with van der Waals surface area (Å²) in [5.41, 5.74) is 3.68. The van der Waals surface area contributed by atoms with Gasteiger partial charge >= 0.3 is 6.18 Å². The van der Waals surface area contributed by atoms with E-state index < -0.39 is 11.7 Å². The highest BCUT2D eigenvalue weighted by molar-refractivity contribution is 7.14. The van der Waals surface area contributed by atoms with Crippen LogP contribution in [0.25, 0.3) is 33.7 Å². The Morgan fingerprint density at radius 1 is 1.16 bits per heavy atom. The first-order valence-electron chi connectivity index (χ1n) is 11.6. The Kier molecular flexibility index (Phi) is 5.59. The third kappa shape index (κ3) is 4.28. The minimum Gasteiger partial charge on any atom is -0.358 e. The van der Waals surface area contributed by atoms with Gasteiger partial charge in [0.1, 0.15) is 22.8 Å². The Balaban J connectivity index is 1.19. The smallest absolute Gasteiger partial charge is 0.358 e. The second kappa shape index (κ2) is 8.83. The van der Waals surface area contributed by atoms with Crippen molar-refractivity contribution in [3.05, 3.63) is 53.9 Å². The Morgan fingerprint density at radius 3 is 2.84 bits per heavy atom. The number of anilines is 1. The van der Waals surface area contributed by atoms with Crippen LogP contribution in [0.3, 0.4) is 0 Å². The van der Waals surface area contributed by atoms with Crippen molar-refractivity contribution in [1.82, 2.24) is 34.4 Å². The second-order valence-corrected chi connectivity index (χ2v) is 9.76. The molecule has 5 aromatic rings. The Bertz CT molecular complexity index is 1610. The van der Waals surface area contributed by atoms with Gasteiger partial charge in [-0.05, 0) is 37.3 Å². The van der Waals surface area contributed by atoms with Crippen molar-refractivity contribution in [3.63, 3.8) is 0 Å². The summed E-state index contributed by atoms with van der Waals surface area (Å²) in [6, 6.07) is 7.05. The third-order valence-electron chi connectivity index (χ3n) is 6.50. The molecule has 1 aliphatic rings. The van der Waals surface area contributed by atoms with Crippen LogP contribution in [0.5, 0.6) is 0 Å². The molecule has 1 atom stereocenters. The molecule has 5 heterocycles. The predicted molar refractivity (Wildman–Crippen MR) is 133 cm³/mol. The first kappa shape index (κ1) is 23.4. The van der Waals surface area contributed by atoms with Crippen molar-refractivity contribution < 1.29 is 18.0 Å². The molecule has 37 heavy (non-hydrogen) atoms. The van der Waals surface area contributed by atoms with Crippen LogP contribution in [0.15, 0.2) is 48.4 Å². The zero-order valence-electron chi connectivity index (χ0n) is 19.6. The minimum atomic E-state index is -4.44. The van der Waals surface area contributed by atoms with E-state index in [0.29, 0.717) is 42.3 Å². The number of imidazole rings is 2. The summed E-state index contributed by atoms with van der Waals surface area (Å²) in [5, 5.41) is 0.860. The molecule has 0 unspecified atom stereocenters. The molecule has 1 fully saturated rings. The number of pyridine rings is 1. The van der Waals surface area contributed by atoms with Crippen LogP contribution in [0, 0.1) is 0 Å². The van der Waals surface area contributed by atoms with E-state index in [2.05, 4.69) is 29.8 Å². The zero-order chi connectivity index (χ0) is 25.7. The SMILES string of the molecule is C[C@@H]1CN(c2scnc2-c2nc3cc(C(F)(F)F)ccc3[nH]2)CCN1C(=O)Cn1cnc2cccnc21. The van der Waals surface area contributed by atoms with Crippen LogP contribution < -0.4 is 4.90 Å². The van der Waals surface area contributed by atoms with Crippen LogP contribution in [-0.4, -0.2) is 66.0 Å². The molecule has 0 spiro atoms. The molecular weight excluding hydrogens is 505 g/mol. The average Bonchev–Trinajstić information content (AvgIpc) is 3.61. The number of hydrogen-bond acceptors (Lipinski definition) is 7. The number of aromatic amines is 1. The van der Waals surface area contributed by atoms with E-state index in [9.17, 15) is 18.0 Å². The summed E-state index contributed by atoms with van der Waals surface area (Å²) in [4.78, 5) is 37.7. The molecular formula is C24H21F3N8OS. The van der Waals surface area contributed by atoms with E-state index in [1.165, 1.54) is 17.4 Å². The van der Waals surface area contributed by atoms with Crippen LogP contribution in [0.1, 0.15) is 12.5 Å². The number of carbonyl (C=O) groups excluding carboxylic acids is 1. The van der Waals surface area contributed by atoms with E-state index in [1.807, 2.05) is 24.0 Å². The molecule has 4 aromatic heterocycles. The molecule has 6 rings (SSSR count). The minimum absolute atomic E-state index is 0.0145. The maximum Gasteiger partial charge on any atom is 0.416 e. The molecule has 13 heteroatoms. The van der Waals surface area contributed by atoms with Gasteiger partial charge in [0.25, 0.3) is 0 Å². The number of hydrogen-bond donors (Lipinski definition) is 1. The second-order valence-electron chi connectivity index (χ2n) is 8.92. The molecule has 0 aliphatic carbocycles. The normalized spacial score (nSPS) is 16.7. The van der Waals surface area contributed by atoms with E-state index >= 15 is 0 Å². The van der Waals surface area contributed by atoms with E-state index in [-0.39, 0.29) is 24.0 Å². The number of thiazole rings is 1. The summed E-state index contributed by atoms with van der Waals surface area (Å²) in [5.74, 6) is 0.399. The highest BCUT2D eigenvalue weighted by Crippen LogP contribution is 2.36. The zero-order valence-corrected chi connectivity index (χ0v) is 20.4. The highest BCUT2D eigenvalue weighted by atomic mass is 32.1. The maximum absolute atomic E-state index is 13.1. The van der Waals surface area contributed by atoms with Crippen molar-refractivity contribution in [3.8, 4) is 11.5 Å². The summed E-state index contributed by atoms with van der Waals surface area (Å²) >= 11 is 1.44. The fourth-order valence-electron chi connectivity index (χ4n) is 4.68. The lowest BCUT2D eigenvalue weighted by molar-refractivity contribution is -0.137. The predicted octanol–water partition coefficient (Wildman–Crippen LogP) is 4.19. The quantitative estimate of drug-likeness (QED) is 0.377. The topological polar surface area (TPSA) is 95.8 Å². The number of piperazine rings is 1. The first-order valence-corrected chi connectivity index (χ1v) is 12.5. The van der Waals surface area contributed by atoms with Gasteiger partial charge in [0, 0.05) is 31.9 Å². The van der Waals surface area contributed by atoms with E-state index in [1.54, 1.807) is 22.6 Å². The number of benzene rings is 1. The van der Waals surface area contributed by atoms with Crippen molar-refractivity contribution in [2.24, 2.45) is 0 Å². The summed E-state index contributed by atoms with van der Waals surface area (Å²) in [7, 11) is 0. The van der Waals surface area contributed by atoms with Gasteiger partial charge in [-0.25, -0.2) is 19.9 Å². The number of H-pyrrole nitrogens is 1. The van der Waals surface area contributed by atoms with Crippen molar-refractivity contribution in [2.45, 2.75) is 25.7 Å². The van der Waals surface area contributed by atoms with E-state index in [4.69, 9.17) is 0 Å². The molecule has 1 saturated heterocycles. The molecule has 1 N–H and O–H groups in total. The summed E-state index contributed by atoms with van der Waals surface area (Å²) in [6.45, 7) is 3.85. The number of amides is 1. The van der Waals surface area contributed by atoms with Crippen LogP contribution in [-0.2, 0) is 17.5 Å². The Hall–Kier alpha value is -4.00. The van der Waals surface area contributed by atoms with Crippen LogP contribution in [0.4, 0.5) is 18.2 Å². The summed E-state index contributed by atoms with van der Waals surface area (Å²) in [6.07, 6.45) is -1.13. The Labute approximate surface area is 212 Å². The van der Waals surface area contributed by atoms with Gasteiger partial charge in [0.15, 0.2) is 11.5 Å². The molecule has 1 aromatic carbocycles. The summed E-state index contributed by atoms with van der Waals surface area (Å²) < 4.78 is 41.1. The number of aromatic nitrogens is 6. The van der Waals surface area contributed by atoms with Gasteiger partial charge in [-0.2, -0.15) is 13.2 Å². The van der Waals surface area contributed by atoms with Crippen molar-refractivity contribution in [1.29, 1.82) is 0 Å². The van der Waals surface area contributed by atoms with Crippen molar-refractivity contribution >= 4 is 44.4 Å². The molecule has 0 saturated carbocycles. The third-order valence-corrected chi connectivity index (χ3v) is 7.38. The lowest BCUT2D eigenvalue weighted by Gasteiger charge is -2.40. The highest BCUT2D eigenvalue weighted by Gasteiger charge is 2.32. The fourth-order valence-corrected chi connectivity index (χ4v) is 5.52. The van der Waals surface area contributed by atoms with Gasteiger partial charge in [-0.3, -0.25) is 4.79 Å². The van der Waals surface area contributed by atoms with Gasteiger partial charge in [0.05, 0.1) is 28.4 Å². The standard InChI is InChI=1S/C24H21F3N8OS/c1-14-10-33(7-8-35(14)19(36)11-34-12-29-17-3-2-6-28-22(17)34)23-20(30-13-37-23)21-31-16-5-4-15(24(25,26)27)9-18(16)32-21/h2-6,9,12-14H,7-8,10-11H2,1H3,(H,31,32)/t14-/m1/s1. The fraction of sp³-hybridized carbons (Fsp3) is 0.292. The number of alkyl halides is 3. The van der Waals surface area contributed by atoms with Gasteiger partial charge < -0.3 is 19.4 Å². The molecule has 9 nitrogen and oxygen atoms in total. The maximum atomic E-state index is 13.1. The lowest BCUT2D eigenvalue weighted by atomic mass is 10.2. The monoisotopic (exact) mass is 526 g/mol. The first-order chi connectivity index (χ1) is 17.8. The number of halogens is 3. The van der Waals surface area contributed by atoms with Gasteiger partial charge in [0.2, 0.25) is 5.91 Å². The molecule has 1 aliphatic heterocycles. The number of nitrogens with zero attached hydrogens (tertiary/aromatic N) is 7. The lowest BCUT2D eigenvalue weighted by Crippen LogP contribution is -2.54. The number of carbonyl (C=O) groups is 1. The number of fused-ring (bicyclic) bond motifs is 2. The van der Waals surface area contributed by atoms with Crippen LogP contribution >= 0.6 is 11.3 Å². The number of rotatable bonds is 4. The van der Waals surface area contributed by atoms with E-state index in [0.717, 1.165) is 22.7 Å².